The van der Waals surface area contributed by atoms with Gasteiger partial charge >= 0.3 is 11.9 Å². The fraction of sp³-hybridized carbons (Fsp3) is 0.100. The quantitative estimate of drug-likeness (QED) is 0.749. The van der Waals surface area contributed by atoms with Crippen LogP contribution in [-0.2, 0) is 12.8 Å². The first-order valence-electron chi connectivity index (χ1n) is 7.43. The minimum absolute atomic E-state index is 0.192. The van der Waals surface area contributed by atoms with E-state index in [1.54, 1.807) is 48.6 Å². The van der Waals surface area contributed by atoms with Crippen molar-refractivity contribution in [2.75, 3.05) is 0 Å². The number of rotatable bonds is 7. The van der Waals surface area contributed by atoms with Crippen LogP contribution < -0.4 is 0 Å². The average molecular weight is 322 g/mol. The van der Waals surface area contributed by atoms with Crippen molar-refractivity contribution >= 4 is 11.9 Å². The van der Waals surface area contributed by atoms with Crippen molar-refractivity contribution in [3.05, 3.63) is 84.0 Å². The zero-order chi connectivity index (χ0) is 17.7. The van der Waals surface area contributed by atoms with Crippen molar-refractivity contribution < 1.29 is 19.8 Å². The predicted octanol–water partition coefficient (Wildman–Crippen LogP) is 4.21. The first-order valence-corrected chi connectivity index (χ1v) is 7.43. The number of carboxylic acid groups (broad SMARTS) is 2. The molecule has 0 spiro atoms. The Balaban J connectivity index is 2.81. The summed E-state index contributed by atoms with van der Waals surface area (Å²) in [7, 11) is 0. The van der Waals surface area contributed by atoms with Gasteiger partial charge in [0.1, 0.15) is 0 Å². The highest BCUT2D eigenvalue weighted by Gasteiger charge is 2.19. The summed E-state index contributed by atoms with van der Waals surface area (Å²) >= 11 is 0. The van der Waals surface area contributed by atoms with Gasteiger partial charge < -0.3 is 10.2 Å². The molecule has 0 radical (unpaired) electrons. The lowest BCUT2D eigenvalue weighted by Gasteiger charge is -2.16. The molecule has 0 saturated heterocycles. The van der Waals surface area contributed by atoms with Crippen LogP contribution in [0, 0.1) is 0 Å². The van der Waals surface area contributed by atoms with E-state index in [9.17, 15) is 19.8 Å². The third-order valence-corrected chi connectivity index (χ3v) is 3.80. The molecule has 2 aromatic carbocycles. The average Bonchev–Trinajstić information content (AvgIpc) is 2.55. The number of allylic oxidation sites excluding steroid dienone is 2. The van der Waals surface area contributed by atoms with Gasteiger partial charge in [-0.25, -0.2) is 9.59 Å². The summed E-state index contributed by atoms with van der Waals surface area (Å²) in [5.41, 5.74) is 3.03. The first-order chi connectivity index (χ1) is 11.5. The van der Waals surface area contributed by atoms with Crippen LogP contribution in [0.25, 0.3) is 11.1 Å². The highest BCUT2D eigenvalue weighted by molar-refractivity contribution is 5.95. The summed E-state index contributed by atoms with van der Waals surface area (Å²) in [4.78, 5) is 23.0. The number of benzene rings is 2. The highest BCUT2D eigenvalue weighted by atomic mass is 16.4. The summed E-state index contributed by atoms with van der Waals surface area (Å²) in [6, 6.07) is 10.0. The molecule has 0 atom stereocenters. The molecule has 0 unspecified atom stereocenters. The Labute approximate surface area is 140 Å². The van der Waals surface area contributed by atoms with Crippen molar-refractivity contribution in [3.8, 4) is 11.1 Å². The van der Waals surface area contributed by atoms with Crippen molar-refractivity contribution in [2.24, 2.45) is 0 Å². The lowest BCUT2D eigenvalue weighted by atomic mass is 9.88. The van der Waals surface area contributed by atoms with Crippen LogP contribution in [0.2, 0.25) is 0 Å². The maximum Gasteiger partial charge on any atom is 0.335 e. The van der Waals surface area contributed by atoms with Crippen LogP contribution in [-0.4, -0.2) is 22.2 Å². The molecule has 0 amide bonds. The molecule has 0 heterocycles. The van der Waals surface area contributed by atoms with E-state index in [2.05, 4.69) is 13.2 Å². The van der Waals surface area contributed by atoms with Crippen molar-refractivity contribution in [2.45, 2.75) is 12.8 Å². The number of aromatic carboxylic acids is 2. The lowest BCUT2D eigenvalue weighted by molar-refractivity contribution is 0.0684. The Morgan fingerprint density at radius 1 is 0.792 bits per heavy atom. The fourth-order valence-electron chi connectivity index (χ4n) is 2.81. The smallest absolute Gasteiger partial charge is 0.335 e. The summed E-state index contributed by atoms with van der Waals surface area (Å²) in [6.07, 6.45) is 4.03. The van der Waals surface area contributed by atoms with Crippen LogP contribution in [0.1, 0.15) is 31.8 Å². The maximum absolute atomic E-state index is 11.5. The summed E-state index contributed by atoms with van der Waals surface area (Å²) in [6.45, 7) is 7.39. The summed E-state index contributed by atoms with van der Waals surface area (Å²) in [5, 5.41) is 18.9. The van der Waals surface area contributed by atoms with E-state index >= 15 is 0 Å². The monoisotopic (exact) mass is 322 g/mol. The van der Waals surface area contributed by atoms with Gasteiger partial charge in [-0.05, 0) is 47.2 Å². The largest absolute Gasteiger partial charge is 0.478 e. The van der Waals surface area contributed by atoms with Gasteiger partial charge in [0.25, 0.3) is 0 Å². The van der Waals surface area contributed by atoms with Crippen LogP contribution in [0.5, 0.6) is 0 Å². The van der Waals surface area contributed by atoms with Crippen LogP contribution >= 0.6 is 0 Å². The Kier molecular flexibility index (Phi) is 5.32. The van der Waals surface area contributed by atoms with Crippen LogP contribution in [0.3, 0.4) is 0 Å². The topological polar surface area (TPSA) is 74.6 Å². The molecule has 0 saturated carbocycles. The van der Waals surface area contributed by atoms with Crippen molar-refractivity contribution in [1.29, 1.82) is 0 Å². The SMILES string of the molecule is C=CCc1c(C(=O)O)cccc1-c1cccc(C(=O)O)c1CC=C. The summed E-state index contributed by atoms with van der Waals surface area (Å²) < 4.78 is 0. The number of carbonyl (C=O) groups is 2. The number of hydrogen-bond donors (Lipinski definition) is 2. The van der Waals surface area contributed by atoms with E-state index in [4.69, 9.17) is 0 Å². The lowest BCUT2D eigenvalue weighted by Crippen LogP contribution is -2.07. The molecule has 122 valence electrons. The third kappa shape index (κ3) is 3.27. The van der Waals surface area contributed by atoms with Crippen molar-refractivity contribution in [1.82, 2.24) is 0 Å². The standard InChI is InChI=1S/C20H18O4/c1-3-7-13-15(9-5-11-17(13)19(21)22)16-10-6-12-18(20(23)24)14(16)8-4-2/h3-6,9-12H,1-2,7-8H2,(H,21,22)(H,23,24). The van der Waals surface area contributed by atoms with Gasteiger partial charge in [-0.15, -0.1) is 13.2 Å². The van der Waals surface area contributed by atoms with Gasteiger partial charge in [0.2, 0.25) is 0 Å². The molecule has 0 bridgehead atoms. The zero-order valence-corrected chi connectivity index (χ0v) is 13.2. The van der Waals surface area contributed by atoms with Gasteiger partial charge in [-0.1, -0.05) is 36.4 Å². The Morgan fingerprint density at radius 2 is 1.17 bits per heavy atom. The molecule has 4 nitrogen and oxygen atoms in total. The highest BCUT2D eigenvalue weighted by Crippen LogP contribution is 2.32. The van der Waals surface area contributed by atoms with E-state index in [1.807, 2.05) is 0 Å². The molecule has 0 aromatic heterocycles. The molecule has 0 fully saturated rings. The van der Waals surface area contributed by atoms with Crippen molar-refractivity contribution in [3.63, 3.8) is 0 Å². The minimum atomic E-state index is -1.02. The molecule has 0 aliphatic carbocycles. The molecule has 24 heavy (non-hydrogen) atoms. The minimum Gasteiger partial charge on any atom is -0.478 e. The fourth-order valence-corrected chi connectivity index (χ4v) is 2.81. The van der Waals surface area contributed by atoms with E-state index in [1.165, 1.54) is 0 Å². The van der Waals surface area contributed by atoms with Gasteiger partial charge in [-0.2, -0.15) is 0 Å². The van der Waals surface area contributed by atoms with Gasteiger partial charge in [0.15, 0.2) is 0 Å². The van der Waals surface area contributed by atoms with E-state index in [0.29, 0.717) is 35.1 Å². The molecule has 0 aliphatic heterocycles. The Bertz CT molecular complexity index is 749. The Morgan fingerprint density at radius 3 is 1.46 bits per heavy atom. The molecule has 2 N–H and O–H groups in total. The van der Waals surface area contributed by atoms with Gasteiger partial charge in [0.05, 0.1) is 11.1 Å². The van der Waals surface area contributed by atoms with Gasteiger partial charge in [-0.3, -0.25) is 0 Å². The number of carboxylic acids is 2. The Hall–Kier alpha value is -3.14. The van der Waals surface area contributed by atoms with E-state index < -0.39 is 11.9 Å². The molecule has 4 heteroatoms. The second kappa shape index (κ2) is 7.42. The van der Waals surface area contributed by atoms with E-state index in [-0.39, 0.29) is 11.1 Å². The zero-order valence-electron chi connectivity index (χ0n) is 13.2. The third-order valence-electron chi connectivity index (χ3n) is 3.80. The van der Waals surface area contributed by atoms with Crippen LogP contribution in [0.4, 0.5) is 0 Å². The second-order valence-corrected chi connectivity index (χ2v) is 5.26. The summed E-state index contributed by atoms with van der Waals surface area (Å²) in [5.74, 6) is -2.04. The number of hydrogen-bond acceptors (Lipinski definition) is 2. The molecule has 2 rings (SSSR count). The molecule has 0 aliphatic rings. The normalized spacial score (nSPS) is 10.2. The molecular formula is C20H18O4. The van der Waals surface area contributed by atoms with Crippen LogP contribution in [0.15, 0.2) is 61.7 Å². The first kappa shape index (κ1) is 17.2. The molecule has 2 aromatic rings. The second-order valence-electron chi connectivity index (χ2n) is 5.26. The molecular weight excluding hydrogens is 304 g/mol. The van der Waals surface area contributed by atoms with E-state index in [0.717, 1.165) is 0 Å². The maximum atomic E-state index is 11.5. The predicted molar refractivity (Wildman–Crippen MR) is 93.6 cm³/mol. The van der Waals surface area contributed by atoms with Gasteiger partial charge in [0, 0.05) is 0 Å².